The van der Waals surface area contributed by atoms with Gasteiger partial charge in [0, 0.05) is 24.9 Å². The SMILES string of the molecule is COc1ccccc1N(C(=O)CCC(=O)Nc1cc(C)on1)C(C(=O)NC1CCCC1)c1ccco1. The first-order valence-electron chi connectivity index (χ1n) is 12.0. The molecule has 2 N–H and O–H groups in total. The third-order valence-corrected chi connectivity index (χ3v) is 6.10. The third kappa shape index (κ3) is 5.94. The summed E-state index contributed by atoms with van der Waals surface area (Å²) >= 11 is 0. The Bertz CT molecular complexity index is 1180. The molecule has 2 heterocycles. The van der Waals surface area contributed by atoms with Crippen LogP contribution >= 0.6 is 0 Å². The molecule has 1 atom stereocenters. The number of nitrogens with one attached hydrogen (secondary N) is 2. The van der Waals surface area contributed by atoms with Gasteiger partial charge in [-0.05, 0) is 44.0 Å². The molecule has 36 heavy (non-hydrogen) atoms. The van der Waals surface area contributed by atoms with Crippen LogP contribution in [0.1, 0.15) is 56.1 Å². The number of methoxy groups -OCH3 is 1. The van der Waals surface area contributed by atoms with Crippen molar-refractivity contribution in [3.63, 3.8) is 0 Å². The Balaban J connectivity index is 1.61. The van der Waals surface area contributed by atoms with Crippen LogP contribution in [-0.4, -0.2) is 36.0 Å². The lowest BCUT2D eigenvalue weighted by Crippen LogP contribution is -2.46. The molecule has 10 nitrogen and oxygen atoms in total. The van der Waals surface area contributed by atoms with Crippen molar-refractivity contribution in [2.75, 3.05) is 17.3 Å². The van der Waals surface area contributed by atoms with Gasteiger partial charge in [-0.3, -0.25) is 19.3 Å². The van der Waals surface area contributed by atoms with Gasteiger partial charge >= 0.3 is 0 Å². The van der Waals surface area contributed by atoms with E-state index in [0.29, 0.717) is 23.0 Å². The average molecular weight is 495 g/mol. The molecule has 0 saturated heterocycles. The zero-order valence-corrected chi connectivity index (χ0v) is 20.4. The van der Waals surface area contributed by atoms with Gasteiger partial charge in [-0.15, -0.1) is 0 Å². The van der Waals surface area contributed by atoms with Crippen LogP contribution < -0.4 is 20.3 Å². The number of ether oxygens (including phenoxy) is 1. The summed E-state index contributed by atoms with van der Waals surface area (Å²) in [4.78, 5) is 41.1. The smallest absolute Gasteiger partial charge is 0.251 e. The van der Waals surface area contributed by atoms with Crippen molar-refractivity contribution in [3.8, 4) is 5.75 Å². The lowest BCUT2D eigenvalue weighted by atomic mass is 10.1. The Labute approximate surface area is 209 Å². The van der Waals surface area contributed by atoms with Gasteiger partial charge in [0.1, 0.15) is 17.3 Å². The van der Waals surface area contributed by atoms with Crippen molar-refractivity contribution in [2.45, 2.75) is 57.5 Å². The lowest BCUT2D eigenvalue weighted by Gasteiger charge is -2.31. The maximum Gasteiger partial charge on any atom is 0.251 e. The molecule has 1 aromatic carbocycles. The van der Waals surface area contributed by atoms with E-state index >= 15 is 0 Å². The number of amides is 3. The van der Waals surface area contributed by atoms with Crippen molar-refractivity contribution in [3.05, 3.63) is 60.2 Å². The molecule has 10 heteroatoms. The second-order valence-corrected chi connectivity index (χ2v) is 8.71. The molecule has 190 valence electrons. The summed E-state index contributed by atoms with van der Waals surface area (Å²) < 4.78 is 16.1. The molecule has 0 spiro atoms. The minimum Gasteiger partial charge on any atom is -0.495 e. The molecule has 1 saturated carbocycles. The van der Waals surface area contributed by atoms with Gasteiger partial charge in [0.05, 0.1) is 19.1 Å². The van der Waals surface area contributed by atoms with Crippen LogP contribution in [0.3, 0.4) is 0 Å². The highest BCUT2D eigenvalue weighted by Gasteiger charge is 2.37. The first-order chi connectivity index (χ1) is 17.5. The molecule has 2 aromatic heterocycles. The number of furan rings is 1. The summed E-state index contributed by atoms with van der Waals surface area (Å²) in [7, 11) is 1.50. The normalized spacial score (nSPS) is 14.3. The van der Waals surface area contributed by atoms with Gasteiger partial charge in [-0.1, -0.05) is 30.1 Å². The third-order valence-electron chi connectivity index (χ3n) is 6.10. The minimum absolute atomic E-state index is 0.0428. The highest BCUT2D eigenvalue weighted by atomic mass is 16.5. The van der Waals surface area contributed by atoms with Gasteiger partial charge in [-0.2, -0.15) is 0 Å². The number of rotatable bonds is 10. The molecular formula is C26H30N4O6. The van der Waals surface area contributed by atoms with Crippen molar-refractivity contribution >= 4 is 29.2 Å². The second kappa shape index (κ2) is 11.6. The Hall–Kier alpha value is -4.08. The van der Waals surface area contributed by atoms with Crippen LogP contribution in [0, 0.1) is 6.92 Å². The van der Waals surface area contributed by atoms with Crippen molar-refractivity contribution in [1.82, 2.24) is 10.5 Å². The quantitative estimate of drug-likeness (QED) is 0.434. The van der Waals surface area contributed by atoms with Gasteiger partial charge in [0.25, 0.3) is 5.91 Å². The van der Waals surface area contributed by atoms with E-state index in [1.54, 1.807) is 49.4 Å². The fourth-order valence-electron chi connectivity index (χ4n) is 4.39. The highest BCUT2D eigenvalue weighted by Crippen LogP contribution is 2.36. The second-order valence-electron chi connectivity index (χ2n) is 8.71. The van der Waals surface area contributed by atoms with E-state index < -0.39 is 17.9 Å². The fourth-order valence-corrected chi connectivity index (χ4v) is 4.39. The number of anilines is 2. The number of carbonyl (C=O) groups excluding carboxylic acids is 3. The van der Waals surface area contributed by atoms with Crippen LogP contribution in [0.2, 0.25) is 0 Å². The average Bonchev–Trinajstić information content (AvgIpc) is 3.65. The predicted octanol–water partition coefficient (Wildman–Crippen LogP) is 4.14. The molecule has 1 aliphatic carbocycles. The molecule has 1 aliphatic rings. The molecule has 0 aliphatic heterocycles. The monoisotopic (exact) mass is 494 g/mol. The van der Waals surface area contributed by atoms with E-state index in [4.69, 9.17) is 13.7 Å². The molecule has 0 radical (unpaired) electrons. The first-order valence-corrected chi connectivity index (χ1v) is 12.0. The van der Waals surface area contributed by atoms with Gasteiger partial charge in [0.2, 0.25) is 11.8 Å². The summed E-state index contributed by atoms with van der Waals surface area (Å²) in [5, 5.41) is 9.43. The summed E-state index contributed by atoms with van der Waals surface area (Å²) in [6.45, 7) is 1.71. The largest absolute Gasteiger partial charge is 0.495 e. The summed E-state index contributed by atoms with van der Waals surface area (Å²) in [5.41, 5.74) is 0.403. The number of aromatic nitrogens is 1. The van der Waals surface area contributed by atoms with E-state index in [1.165, 1.54) is 18.3 Å². The number of benzene rings is 1. The van der Waals surface area contributed by atoms with E-state index in [-0.39, 0.29) is 30.6 Å². The molecular weight excluding hydrogens is 464 g/mol. The minimum atomic E-state index is -1.08. The molecule has 3 amide bonds. The van der Waals surface area contributed by atoms with Crippen LogP contribution in [-0.2, 0) is 14.4 Å². The Morgan fingerprint density at radius 3 is 2.58 bits per heavy atom. The summed E-state index contributed by atoms with van der Waals surface area (Å²) in [6, 6.07) is 10.8. The van der Waals surface area contributed by atoms with E-state index in [9.17, 15) is 14.4 Å². The van der Waals surface area contributed by atoms with Crippen LogP contribution in [0.25, 0.3) is 0 Å². The van der Waals surface area contributed by atoms with Gasteiger partial charge < -0.3 is 24.3 Å². The van der Waals surface area contributed by atoms with Crippen LogP contribution in [0.4, 0.5) is 11.5 Å². The predicted molar refractivity (Wildman–Crippen MR) is 131 cm³/mol. The molecule has 1 fully saturated rings. The molecule has 3 aromatic rings. The van der Waals surface area contributed by atoms with E-state index in [1.807, 2.05) is 0 Å². The lowest BCUT2D eigenvalue weighted by molar-refractivity contribution is -0.128. The van der Waals surface area contributed by atoms with Crippen molar-refractivity contribution < 1.29 is 28.1 Å². The fraction of sp³-hybridized carbons (Fsp3) is 0.385. The number of hydrogen-bond acceptors (Lipinski definition) is 7. The zero-order valence-electron chi connectivity index (χ0n) is 20.4. The van der Waals surface area contributed by atoms with Crippen molar-refractivity contribution in [1.29, 1.82) is 0 Å². The Morgan fingerprint density at radius 1 is 1.14 bits per heavy atom. The maximum absolute atomic E-state index is 13.7. The molecule has 0 bridgehead atoms. The zero-order chi connectivity index (χ0) is 25.5. The van der Waals surface area contributed by atoms with Crippen LogP contribution in [0.15, 0.2) is 57.7 Å². The molecule has 1 unspecified atom stereocenters. The number of aryl methyl sites for hydroxylation is 1. The summed E-state index contributed by atoms with van der Waals surface area (Å²) in [5.74, 6) is 0.370. The van der Waals surface area contributed by atoms with Gasteiger partial charge in [-0.25, -0.2) is 0 Å². The number of nitrogens with zero attached hydrogens (tertiary/aromatic N) is 2. The van der Waals surface area contributed by atoms with Crippen molar-refractivity contribution in [2.24, 2.45) is 0 Å². The van der Waals surface area contributed by atoms with Gasteiger partial charge in [0.15, 0.2) is 11.9 Å². The maximum atomic E-state index is 13.7. The molecule has 4 rings (SSSR count). The highest BCUT2D eigenvalue weighted by molar-refractivity contribution is 6.03. The topological polar surface area (TPSA) is 127 Å². The van der Waals surface area contributed by atoms with Crippen LogP contribution in [0.5, 0.6) is 5.75 Å². The Morgan fingerprint density at radius 2 is 1.92 bits per heavy atom. The number of para-hydroxylation sites is 2. The number of hydrogen-bond donors (Lipinski definition) is 2. The van der Waals surface area contributed by atoms with E-state index in [0.717, 1.165) is 25.7 Å². The Kier molecular flexibility index (Phi) is 8.04. The summed E-state index contributed by atoms with van der Waals surface area (Å²) in [6.07, 6.45) is 5.06. The number of carbonyl (C=O) groups is 3. The van der Waals surface area contributed by atoms with E-state index in [2.05, 4.69) is 15.8 Å². The first kappa shape index (κ1) is 25.0. The standard InChI is InChI=1S/C26H30N4O6/c1-17-16-22(29-36-17)28-23(31)13-14-24(32)30(19-10-5-6-11-20(19)34-2)25(21-12-7-15-35-21)26(33)27-18-8-3-4-9-18/h5-7,10-12,15-16,18,25H,3-4,8-9,13-14H2,1-2H3,(H,27,33)(H,28,29,31).